The highest BCUT2D eigenvalue weighted by atomic mass is 35.5. The zero-order chi connectivity index (χ0) is 11.5. The molecule has 0 amide bonds. The van der Waals surface area contributed by atoms with Crippen LogP contribution in [0.5, 0.6) is 0 Å². The van der Waals surface area contributed by atoms with Gasteiger partial charge in [-0.15, -0.1) is 11.6 Å². The molecule has 16 heavy (non-hydrogen) atoms. The standard InChI is InChI=1S/C12H14ClF2N/c13-10-1-3-16(4-2-10)8-9-5-11(14)7-12(15)6-9/h5-7,10H,1-4,8H2. The summed E-state index contributed by atoms with van der Waals surface area (Å²) in [6.45, 7) is 2.39. The van der Waals surface area contributed by atoms with E-state index in [2.05, 4.69) is 4.90 Å². The van der Waals surface area contributed by atoms with Crippen LogP contribution in [0, 0.1) is 11.6 Å². The van der Waals surface area contributed by atoms with Gasteiger partial charge in [0.15, 0.2) is 0 Å². The first-order chi connectivity index (χ1) is 7.63. The van der Waals surface area contributed by atoms with Gasteiger partial charge in [-0.3, -0.25) is 4.90 Å². The van der Waals surface area contributed by atoms with Crippen LogP contribution in [0.1, 0.15) is 18.4 Å². The van der Waals surface area contributed by atoms with E-state index in [1.54, 1.807) is 0 Å². The Balaban J connectivity index is 1.98. The maximum Gasteiger partial charge on any atom is 0.126 e. The van der Waals surface area contributed by atoms with E-state index in [4.69, 9.17) is 11.6 Å². The Labute approximate surface area is 99.0 Å². The Hall–Kier alpha value is -0.670. The predicted octanol–water partition coefficient (Wildman–Crippen LogP) is 3.17. The summed E-state index contributed by atoms with van der Waals surface area (Å²) in [5.41, 5.74) is 0.686. The van der Waals surface area contributed by atoms with E-state index in [0.717, 1.165) is 32.0 Å². The summed E-state index contributed by atoms with van der Waals surface area (Å²) in [6, 6.07) is 3.67. The molecule has 1 aliphatic rings. The van der Waals surface area contributed by atoms with Crippen molar-refractivity contribution in [3.63, 3.8) is 0 Å². The molecule has 4 heteroatoms. The molecule has 0 aliphatic carbocycles. The van der Waals surface area contributed by atoms with Crippen molar-refractivity contribution >= 4 is 11.6 Å². The van der Waals surface area contributed by atoms with Crippen LogP contribution >= 0.6 is 11.6 Å². The van der Waals surface area contributed by atoms with Gasteiger partial charge in [-0.1, -0.05) is 0 Å². The topological polar surface area (TPSA) is 3.24 Å². The number of halogens is 3. The van der Waals surface area contributed by atoms with Crippen molar-refractivity contribution in [3.05, 3.63) is 35.4 Å². The number of piperidine rings is 1. The van der Waals surface area contributed by atoms with E-state index < -0.39 is 11.6 Å². The minimum absolute atomic E-state index is 0.250. The molecule has 0 atom stereocenters. The van der Waals surface area contributed by atoms with Gasteiger partial charge in [0.1, 0.15) is 11.6 Å². The van der Waals surface area contributed by atoms with E-state index >= 15 is 0 Å². The number of rotatable bonds is 2. The Morgan fingerprint density at radius 2 is 1.69 bits per heavy atom. The number of alkyl halides is 1. The average Bonchev–Trinajstić information content (AvgIpc) is 2.20. The molecule has 0 spiro atoms. The second kappa shape index (κ2) is 5.11. The predicted molar refractivity (Wildman–Crippen MR) is 60.5 cm³/mol. The van der Waals surface area contributed by atoms with Gasteiger partial charge >= 0.3 is 0 Å². The van der Waals surface area contributed by atoms with Gasteiger partial charge in [-0.25, -0.2) is 8.78 Å². The van der Waals surface area contributed by atoms with Gasteiger partial charge in [0.05, 0.1) is 0 Å². The minimum atomic E-state index is -0.512. The molecule has 0 bridgehead atoms. The molecule has 0 unspecified atom stereocenters. The summed E-state index contributed by atoms with van der Waals surface area (Å²) in [6.07, 6.45) is 1.89. The van der Waals surface area contributed by atoms with E-state index in [1.165, 1.54) is 12.1 Å². The van der Waals surface area contributed by atoms with Gasteiger partial charge in [-0.2, -0.15) is 0 Å². The highest BCUT2D eigenvalue weighted by Gasteiger charge is 2.17. The number of nitrogens with zero attached hydrogens (tertiary/aromatic N) is 1. The van der Waals surface area contributed by atoms with Crippen LogP contribution < -0.4 is 0 Å². The number of likely N-dealkylation sites (tertiary alicyclic amines) is 1. The molecule has 88 valence electrons. The maximum atomic E-state index is 13.0. The zero-order valence-electron chi connectivity index (χ0n) is 8.93. The lowest BCUT2D eigenvalue weighted by Crippen LogP contribution is -2.33. The Morgan fingerprint density at radius 3 is 2.25 bits per heavy atom. The normalized spacial score (nSPS) is 18.9. The first kappa shape index (κ1) is 11.8. The molecule has 0 aromatic heterocycles. The van der Waals surface area contributed by atoms with Gasteiger partial charge in [0, 0.05) is 18.0 Å². The lowest BCUT2D eigenvalue weighted by molar-refractivity contribution is 0.223. The van der Waals surface area contributed by atoms with Crippen LogP contribution in [-0.2, 0) is 6.54 Å². The molecule has 0 saturated carbocycles. The molecule has 1 aromatic carbocycles. The van der Waals surface area contributed by atoms with Crippen molar-refractivity contribution in [1.82, 2.24) is 4.90 Å². The molecule has 1 nitrogen and oxygen atoms in total. The summed E-state index contributed by atoms with van der Waals surface area (Å²) in [7, 11) is 0. The van der Waals surface area contributed by atoms with Crippen LogP contribution in [0.25, 0.3) is 0 Å². The average molecular weight is 246 g/mol. The highest BCUT2D eigenvalue weighted by Crippen LogP contribution is 2.18. The van der Waals surface area contributed by atoms with Crippen molar-refractivity contribution < 1.29 is 8.78 Å². The lowest BCUT2D eigenvalue weighted by Gasteiger charge is -2.29. The quantitative estimate of drug-likeness (QED) is 0.724. The Kier molecular flexibility index (Phi) is 3.77. The summed E-state index contributed by atoms with van der Waals surface area (Å²) in [5.74, 6) is -1.02. The molecule has 1 saturated heterocycles. The molecule has 1 aliphatic heterocycles. The monoisotopic (exact) mass is 245 g/mol. The van der Waals surface area contributed by atoms with Crippen molar-refractivity contribution in [2.45, 2.75) is 24.8 Å². The molecule has 1 fully saturated rings. The molecular weight excluding hydrogens is 232 g/mol. The molecular formula is C12H14ClF2N. The Morgan fingerprint density at radius 1 is 1.12 bits per heavy atom. The molecule has 2 rings (SSSR count). The van der Waals surface area contributed by atoms with Crippen LogP contribution in [0.15, 0.2) is 18.2 Å². The third-order valence-electron chi connectivity index (χ3n) is 2.85. The fourth-order valence-electron chi connectivity index (χ4n) is 2.02. The molecule has 1 heterocycles. The number of benzene rings is 1. The van der Waals surface area contributed by atoms with Crippen LogP contribution in [0.4, 0.5) is 8.78 Å². The van der Waals surface area contributed by atoms with Crippen molar-refractivity contribution in [1.29, 1.82) is 0 Å². The van der Waals surface area contributed by atoms with Gasteiger partial charge in [-0.05, 0) is 43.6 Å². The van der Waals surface area contributed by atoms with E-state index in [9.17, 15) is 8.78 Å². The second-order valence-electron chi connectivity index (χ2n) is 4.23. The number of hydrogen-bond acceptors (Lipinski definition) is 1. The molecule has 1 aromatic rings. The highest BCUT2D eigenvalue weighted by molar-refractivity contribution is 6.20. The fraction of sp³-hybridized carbons (Fsp3) is 0.500. The maximum absolute atomic E-state index is 13.0. The summed E-state index contributed by atoms with van der Waals surface area (Å²) < 4.78 is 25.9. The van der Waals surface area contributed by atoms with E-state index in [0.29, 0.717) is 12.1 Å². The molecule has 0 N–H and O–H groups in total. The largest absolute Gasteiger partial charge is 0.299 e. The lowest BCUT2D eigenvalue weighted by atomic mass is 10.1. The summed E-state index contributed by atoms with van der Waals surface area (Å²) >= 11 is 5.99. The first-order valence-electron chi connectivity index (χ1n) is 5.45. The smallest absolute Gasteiger partial charge is 0.126 e. The zero-order valence-corrected chi connectivity index (χ0v) is 9.68. The number of hydrogen-bond donors (Lipinski definition) is 0. The van der Waals surface area contributed by atoms with Crippen molar-refractivity contribution in [3.8, 4) is 0 Å². The van der Waals surface area contributed by atoms with Crippen molar-refractivity contribution in [2.75, 3.05) is 13.1 Å². The summed E-state index contributed by atoms with van der Waals surface area (Å²) in [5, 5.41) is 0.250. The van der Waals surface area contributed by atoms with Crippen LogP contribution in [-0.4, -0.2) is 23.4 Å². The van der Waals surface area contributed by atoms with Gasteiger partial charge < -0.3 is 0 Å². The van der Waals surface area contributed by atoms with Gasteiger partial charge in [0.25, 0.3) is 0 Å². The van der Waals surface area contributed by atoms with Crippen molar-refractivity contribution in [2.24, 2.45) is 0 Å². The van der Waals surface area contributed by atoms with Gasteiger partial charge in [0.2, 0.25) is 0 Å². The SMILES string of the molecule is Fc1cc(F)cc(CN2CCC(Cl)CC2)c1. The fourth-order valence-corrected chi connectivity index (χ4v) is 2.22. The van der Waals surface area contributed by atoms with Crippen LogP contribution in [0.3, 0.4) is 0 Å². The van der Waals surface area contributed by atoms with E-state index in [1.807, 2.05) is 0 Å². The minimum Gasteiger partial charge on any atom is -0.299 e. The second-order valence-corrected chi connectivity index (χ2v) is 4.85. The third-order valence-corrected chi connectivity index (χ3v) is 3.28. The van der Waals surface area contributed by atoms with Crippen LogP contribution in [0.2, 0.25) is 0 Å². The van der Waals surface area contributed by atoms with E-state index in [-0.39, 0.29) is 5.38 Å². The summed E-state index contributed by atoms with van der Waals surface area (Å²) in [4.78, 5) is 2.17. The Bertz CT molecular complexity index is 342. The first-order valence-corrected chi connectivity index (χ1v) is 5.88. The third kappa shape index (κ3) is 3.16. The molecule has 0 radical (unpaired) electrons.